The first-order chi connectivity index (χ1) is 13.4. The van der Waals surface area contributed by atoms with Gasteiger partial charge in [0.1, 0.15) is 5.58 Å². The highest BCUT2D eigenvalue weighted by molar-refractivity contribution is 6.11. The summed E-state index contributed by atoms with van der Waals surface area (Å²) < 4.78 is 5.40. The molecule has 2 rings (SSSR count). The zero-order chi connectivity index (χ0) is 20.7. The number of carboxylic acid groups (broad SMARTS) is 2. The van der Waals surface area contributed by atoms with Crippen LogP contribution in [0.15, 0.2) is 63.4 Å². The molecule has 0 unspecified atom stereocenters. The molecule has 28 heavy (non-hydrogen) atoms. The van der Waals surface area contributed by atoms with Gasteiger partial charge in [0.05, 0.1) is 17.1 Å². The van der Waals surface area contributed by atoms with Crippen molar-refractivity contribution in [2.45, 2.75) is 13.8 Å². The molecule has 0 saturated heterocycles. The molecule has 1 heterocycles. The highest BCUT2D eigenvalue weighted by Crippen LogP contribution is 2.22. The summed E-state index contributed by atoms with van der Waals surface area (Å²) in [6.45, 7) is 5.78. The second-order valence-corrected chi connectivity index (χ2v) is 5.80. The van der Waals surface area contributed by atoms with Crippen LogP contribution in [0.4, 0.5) is 5.69 Å². The van der Waals surface area contributed by atoms with E-state index >= 15 is 0 Å². The summed E-state index contributed by atoms with van der Waals surface area (Å²) in [7, 11) is 0. The first kappa shape index (κ1) is 20.7. The molecule has 7 heteroatoms. The van der Waals surface area contributed by atoms with Crippen LogP contribution >= 0.6 is 0 Å². The Morgan fingerprint density at radius 3 is 2.46 bits per heavy atom. The molecule has 0 aliphatic rings. The highest BCUT2D eigenvalue weighted by Gasteiger charge is 2.07. The number of hydrogen-bond donors (Lipinski definition) is 1. The number of allylic oxidation sites excluding steroid dienone is 4. The van der Waals surface area contributed by atoms with Gasteiger partial charge in [-0.2, -0.15) is 0 Å². The molecule has 7 nitrogen and oxygen atoms in total. The van der Waals surface area contributed by atoms with E-state index in [-0.39, 0.29) is 0 Å². The average Bonchev–Trinajstić information content (AvgIpc) is 2.65. The zero-order valence-electron chi connectivity index (χ0n) is 15.5. The fourth-order valence-electron chi connectivity index (χ4n) is 2.62. The van der Waals surface area contributed by atoms with Crippen molar-refractivity contribution in [1.82, 2.24) is 0 Å². The monoisotopic (exact) mass is 382 g/mol. The fraction of sp³-hybridized carbons (Fsp3) is 0.190. The maximum Gasteiger partial charge on any atom is 0.343 e. The van der Waals surface area contributed by atoms with Crippen LogP contribution in [0.2, 0.25) is 0 Å². The molecule has 0 spiro atoms. The molecular weight excluding hydrogens is 362 g/mol. The lowest BCUT2D eigenvalue weighted by atomic mass is 10.1. The lowest BCUT2D eigenvalue weighted by Crippen LogP contribution is -2.28. The minimum Gasteiger partial charge on any atom is -0.545 e. The minimum atomic E-state index is -1.78. The lowest BCUT2D eigenvalue weighted by molar-refractivity contribution is -0.299. The van der Waals surface area contributed by atoms with Crippen molar-refractivity contribution in [2.24, 2.45) is 0 Å². The number of aliphatic carboxylic acids is 2. The van der Waals surface area contributed by atoms with E-state index in [9.17, 15) is 19.5 Å². The van der Waals surface area contributed by atoms with Crippen molar-refractivity contribution in [3.05, 3.63) is 70.1 Å². The van der Waals surface area contributed by atoms with Gasteiger partial charge in [0.15, 0.2) is 0 Å². The molecule has 2 aromatic rings. The van der Waals surface area contributed by atoms with Gasteiger partial charge in [-0.15, -0.1) is 0 Å². The van der Waals surface area contributed by atoms with Crippen LogP contribution in [0, 0.1) is 0 Å². The number of rotatable bonds is 8. The van der Waals surface area contributed by atoms with Crippen molar-refractivity contribution in [1.29, 1.82) is 0 Å². The number of carbonyl (C=O) groups excluding carboxylic acids is 1. The summed E-state index contributed by atoms with van der Waals surface area (Å²) in [5.41, 5.74) is 0.408. The van der Waals surface area contributed by atoms with Crippen molar-refractivity contribution >= 4 is 34.7 Å². The Labute approximate surface area is 161 Å². The van der Waals surface area contributed by atoms with Gasteiger partial charge in [-0.3, -0.25) is 0 Å². The molecule has 1 aromatic heterocycles. The van der Waals surface area contributed by atoms with Crippen LogP contribution in [-0.4, -0.2) is 30.1 Å². The highest BCUT2D eigenvalue weighted by atomic mass is 16.4. The second-order valence-electron chi connectivity index (χ2n) is 5.80. The van der Waals surface area contributed by atoms with E-state index in [0.29, 0.717) is 11.1 Å². The van der Waals surface area contributed by atoms with E-state index in [0.717, 1.165) is 30.2 Å². The quantitative estimate of drug-likeness (QED) is 0.244. The molecule has 0 amide bonds. The first-order valence-corrected chi connectivity index (χ1v) is 8.69. The fourth-order valence-corrected chi connectivity index (χ4v) is 2.62. The van der Waals surface area contributed by atoms with Gasteiger partial charge in [-0.05, 0) is 44.2 Å². The van der Waals surface area contributed by atoms with Gasteiger partial charge in [0, 0.05) is 30.2 Å². The molecule has 0 fully saturated rings. The Hall–Kier alpha value is -3.61. The molecule has 0 bridgehead atoms. The summed E-state index contributed by atoms with van der Waals surface area (Å²) in [6.07, 6.45) is 6.51. The third-order valence-corrected chi connectivity index (χ3v) is 4.09. The summed E-state index contributed by atoms with van der Waals surface area (Å²) in [4.78, 5) is 35.6. The van der Waals surface area contributed by atoms with Gasteiger partial charge >= 0.3 is 11.6 Å². The van der Waals surface area contributed by atoms with Crippen LogP contribution in [-0.2, 0) is 9.59 Å². The molecular formula is C21H20NO6-. The maximum absolute atomic E-state index is 12.2. The number of benzene rings is 1. The Balaban J connectivity index is 2.26. The third-order valence-electron chi connectivity index (χ3n) is 4.09. The Kier molecular flexibility index (Phi) is 6.92. The third kappa shape index (κ3) is 4.97. The van der Waals surface area contributed by atoms with Crippen LogP contribution in [0.5, 0.6) is 0 Å². The number of nitrogens with zero attached hydrogens (tertiary/aromatic N) is 1. The van der Waals surface area contributed by atoms with E-state index in [1.807, 2.05) is 32.0 Å². The van der Waals surface area contributed by atoms with Gasteiger partial charge in [-0.1, -0.05) is 18.2 Å². The standard InChI is InChI=1S/C21H21NO6/c1-3-22(4-2)16-11-10-14-12-15(21(27)28-18(14)13-16)8-6-5-7-9-17(19(23)24)20(25)26/h5-13H,3-4H2,1-2H3,(H,23,24)(H,25,26)/p-1/b7-5+,8-6+. The van der Waals surface area contributed by atoms with Gasteiger partial charge in [0.25, 0.3) is 0 Å². The topological polar surface area (TPSA) is 111 Å². The number of carboxylic acids is 2. The molecule has 1 aromatic carbocycles. The number of hydrogen-bond acceptors (Lipinski definition) is 6. The molecule has 0 saturated carbocycles. The number of anilines is 1. The SMILES string of the molecule is CCN(CC)c1ccc2cc(/C=C/C=C/C=C(/C(=O)[O-])C(=O)O)c(=O)oc2c1. The van der Waals surface area contributed by atoms with E-state index in [2.05, 4.69) is 4.90 Å². The predicted molar refractivity (Wildman–Crippen MR) is 105 cm³/mol. The average molecular weight is 382 g/mol. The first-order valence-electron chi connectivity index (χ1n) is 8.69. The zero-order valence-corrected chi connectivity index (χ0v) is 15.5. The maximum atomic E-state index is 12.2. The summed E-state index contributed by atoms with van der Waals surface area (Å²) in [6, 6.07) is 7.36. The summed E-state index contributed by atoms with van der Waals surface area (Å²) >= 11 is 0. The second kappa shape index (κ2) is 9.36. The lowest BCUT2D eigenvalue weighted by Gasteiger charge is -2.20. The van der Waals surface area contributed by atoms with Gasteiger partial charge in [0.2, 0.25) is 0 Å². The van der Waals surface area contributed by atoms with Gasteiger partial charge < -0.3 is 24.3 Å². The number of fused-ring (bicyclic) bond motifs is 1. The normalized spacial score (nSPS) is 12.1. The van der Waals surface area contributed by atoms with Crippen molar-refractivity contribution in [3.63, 3.8) is 0 Å². The molecule has 0 atom stereocenters. The molecule has 1 N–H and O–H groups in total. The summed E-state index contributed by atoms with van der Waals surface area (Å²) in [5.74, 6) is -3.37. The van der Waals surface area contributed by atoms with E-state index in [1.54, 1.807) is 6.07 Å². The van der Waals surface area contributed by atoms with E-state index in [1.165, 1.54) is 24.3 Å². The smallest absolute Gasteiger partial charge is 0.343 e. The number of carbonyl (C=O) groups is 2. The van der Waals surface area contributed by atoms with E-state index in [4.69, 9.17) is 9.52 Å². The van der Waals surface area contributed by atoms with Gasteiger partial charge in [-0.25, -0.2) is 9.59 Å². The van der Waals surface area contributed by atoms with Crippen molar-refractivity contribution in [2.75, 3.05) is 18.0 Å². The Morgan fingerprint density at radius 2 is 1.86 bits per heavy atom. The van der Waals surface area contributed by atoms with Crippen LogP contribution in [0.25, 0.3) is 17.0 Å². The Bertz CT molecular complexity index is 1010. The van der Waals surface area contributed by atoms with Crippen LogP contribution in [0.3, 0.4) is 0 Å². The molecule has 0 radical (unpaired) electrons. The van der Waals surface area contributed by atoms with Crippen molar-refractivity contribution < 1.29 is 24.2 Å². The molecule has 0 aliphatic heterocycles. The summed E-state index contributed by atoms with van der Waals surface area (Å²) in [5, 5.41) is 20.1. The Morgan fingerprint density at radius 1 is 1.14 bits per heavy atom. The molecule has 146 valence electrons. The minimum absolute atomic E-state index is 0.315. The molecule has 0 aliphatic carbocycles. The van der Waals surface area contributed by atoms with Crippen LogP contribution in [0.1, 0.15) is 19.4 Å². The van der Waals surface area contributed by atoms with Crippen LogP contribution < -0.4 is 15.6 Å². The predicted octanol–water partition coefficient (Wildman–Crippen LogP) is 1.97. The largest absolute Gasteiger partial charge is 0.545 e. The van der Waals surface area contributed by atoms with E-state index < -0.39 is 23.1 Å². The van der Waals surface area contributed by atoms with Crippen molar-refractivity contribution in [3.8, 4) is 0 Å².